The van der Waals surface area contributed by atoms with E-state index in [1.807, 2.05) is 6.07 Å². The average molecular weight is 280 g/mol. The van der Waals surface area contributed by atoms with Crippen molar-refractivity contribution in [1.82, 2.24) is 5.32 Å². The number of hydrogen-bond acceptors (Lipinski definition) is 2. The van der Waals surface area contributed by atoms with Crippen LogP contribution in [0.15, 0.2) is 18.2 Å². The first-order valence-electron chi connectivity index (χ1n) is 7.39. The maximum absolute atomic E-state index is 9.52. The molecule has 1 unspecified atom stereocenters. The van der Waals surface area contributed by atoms with Gasteiger partial charge in [0.15, 0.2) is 0 Å². The fourth-order valence-corrected chi connectivity index (χ4v) is 3.61. The highest BCUT2D eigenvalue weighted by atomic mass is 35.5. The van der Waals surface area contributed by atoms with Crippen LogP contribution in [-0.4, -0.2) is 23.8 Å². The molecule has 1 saturated carbocycles. The lowest BCUT2D eigenvalue weighted by molar-refractivity contribution is 0.107. The van der Waals surface area contributed by atoms with E-state index in [0.717, 1.165) is 43.2 Å². The average Bonchev–Trinajstić information content (AvgIpc) is 2.80. The fourth-order valence-electron chi connectivity index (χ4n) is 3.41. The number of aliphatic hydroxyl groups is 1. The molecule has 0 radical (unpaired) electrons. The molecule has 0 bridgehead atoms. The highest BCUT2D eigenvalue weighted by Crippen LogP contribution is 2.27. The Hall–Kier alpha value is -0.570. The topological polar surface area (TPSA) is 32.3 Å². The van der Waals surface area contributed by atoms with E-state index in [9.17, 15) is 5.11 Å². The second kappa shape index (κ2) is 5.82. The first-order chi connectivity index (χ1) is 9.20. The van der Waals surface area contributed by atoms with Gasteiger partial charge >= 0.3 is 0 Å². The van der Waals surface area contributed by atoms with Crippen LogP contribution >= 0.6 is 11.6 Å². The predicted octanol–water partition coefficient (Wildman–Crippen LogP) is 2.95. The molecule has 0 saturated heterocycles. The second-order valence-corrected chi connectivity index (χ2v) is 6.54. The molecule has 2 N–H and O–H groups in total. The van der Waals surface area contributed by atoms with Crippen LogP contribution in [0.1, 0.15) is 36.8 Å². The Bertz CT molecular complexity index is 440. The minimum atomic E-state index is -0.0471. The Morgan fingerprint density at radius 1 is 1.11 bits per heavy atom. The Kier molecular flexibility index (Phi) is 4.11. The molecule has 1 fully saturated rings. The summed E-state index contributed by atoms with van der Waals surface area (Å²) >= 11 is 6.04. The Morgan fingerprint density at radius 3 is 2.63 bits per heavy atom. The number of benzene rings is 1. The third-order valence-corrected chi connectivity index (χ3v) is 4.85. The number of rotatable bonds is 3. The van der Waals surface area contributed by atoms with Gasteiger partial charge in [0.1, 0.15) is 0 Å². The molecule has 3 heteroatoms. The van der Waals surface area contributed by atoms with Gasteiger partial charge in [-0.1, -0.05) is 17.7 Å². The van der Waals surface area contributed by atoms with Crippen molar-refractivity contribution in [3.8, 4) is 0 Å². The maximum Gasteiger partial charge on any atom is 0.0540 e. The van der Waals surface area contributed by atoms with Gasteiger partial charge in [0.05, 0.1) is 6.10 Å². The van der Waals surface area contributed by atoms with Crippen LogP contribution < -0.4 is 5.32 Å². The summed E-state index contributed by atoms with van der Waals surface area (Å²) in [6, 6.07) is 6.83. The quantitative estimate of drug-likeness (QED) is 0.892. The Morgan fingerprint density at radius 2 is 1.84 bits per heavy atom. The third-order valence-electron chi connectivity index (χ3n) is 4.61. The number of aliphatic hydroxyl groups excluding tert-OH is 1. The normalized spacial score (nSPS) is 30.3. The van der Waals surface area contributed by atoms with Gasteiger partial charge in [-0.2, -0.15) is 0 Å². The van der Waals surface area contributed by atoms with E-state index >= 15 is 0 Å². The fraction of sp³-hybridized carbons (Fsp3) is 0.625. The zero-order chi connectivity index (χ0) is 13.2. The van der Waals surface area contributed by atoms with Crippen LogP contribution in [0.25, 0.3) is 0 Å². The van der Waals surface area contributed by atoms with Crippen molar-refractivity contribution in [3.05, 3.63) is 34.3 Å². The summed E-state index contributed by atoms with van der Waals surface area (Å²) in [5.41, 5.74) is 2.85. The van der Waals surface area contributed by atoms with Gasteiger partial charge in [-0.3, -0.25) is 0 Å². The SMILES string of the molecule is OC1CCC(CNC2Cc3ccc(Cl)cc3C2)CC1. The van der Waals surface area contributed by atoms with Gasteiger partial charge in [0.25, 0.3) is 0 Å². The number of fused-ring (bicyclic) bond motifs is 1. The minimum Gasteiger partial charge on any atom is -0.393 e. The van der Waals surface area contributed by atoms with Crippen LogP contribution in [0.5, 0.6) is 0 Å². The van der Waals surface area contributed by atoms with Crippen LogP contribution in [-0.2, 0) is 12.8 Å². The molecule has 0 amide bonds. The van der Waals surface area contributed by atoms with Gasteiger partial charge in [-0.25, -0.2) is 0 Å². The molecule has 2 aliphatic carbocycles. The van der Waals surface area contributed by atoms with E-state index in [4.69, 9.17) is 11.6 Å². The van der Waals surface area contributed by atoms with E-state index in [0.29, 0.717) is 6.04 Å². The van der Waals surface area contributed by atoms with Crippen molar-refractivity contribution in [2.24, 2.45) is 5.92 Å². The van der Waals surface area contributed by atoms with Crippen molar-refractivity contribution in [1.29, 1.82) is 0 Å². The van der Waals surface area contributed by atoms with Gasteiger partial charge in [0.2, 0.25) is 0 Å². The van der Waals surface area contributed by atoms with E-state index in [1.54, 1.807) is 0 Å². The van der Waals surface area contributed by atoms with E-state index in [2.05, 4.69) is 17.4 Å². The summed E-state index contributed by atoms with van der Waals surface area (Å²) in [4.78, 5) is 0. The van der Waals surface area contributed by atoms with Crippen molar-refractivity contribution in [2.75, 3.05) is 6.54 Å². The molecule has 1 atom stereocenters. The molecule has 1 aromatic rings. The molecular formula is C16H22ClNO. The number of hydrogen-bond donors (Lipinski definition) is 2. The third kappa shape index (κ3) is 3.31. The van der Waals surface area contributed by atoms with Gasteiger partial charge in [-0.15, -0.1) is 0 Å². The van der Waals surface area contributed by atoms with Crippen LogP contribution in [0.3, 0.4) is 0 Å². The molecule has 1 aromatic carbocycles. The molecule has 3 rings (SSSR count). The van der Waals surface area contributed by atoms with Crippen LogP contribution in [0, 0.1) is 5.92 Å². The lowest BCUT2D eigenvalue weighted by Crippen LogP contribution is -2.35. The van der Waals surface area contributed by atoms with Crippen molar-refractivity contribution in [3.63, 3.8) is 0 Å². The van der Waals surface area contributed by atoms with E-state index in [-0.39, 0.29) is 6.10 Å². The van der Waals surface area contributed by atoms with E-state index in [1.165, 1.54) is 24.0 Å². The van der Waals surface area contributed by atoms with Gasteiger partial charge < -0.3 is 10.4 Å². The van der Waals surface area contributed by atoms with Crippen LogP contribution in [0.2, 0.25) is 5.02 Å². The molecule has 0 aliphatic heterocycles. The smallest absolute Gasteiger partial charge is 0.0540 e. The lowest BCUT2D eigenvalue weighted by atomic mass is 9.87. The van der Waals surface area contributed by atoms with Gasteiger partial charge in [0, 0.05) is 11.1 Å². The summed E-state index contributed by atoms with van der Waals surface area (Å²) in [6.07, 6.45) is 6.47. The van der Waals surface area contributed by atoms with Crippen molar-refractivity contribution in [2.45, 2.75) is 50.7 Å². The van der Waals surface area contributed by atoms with Gasteiger partial charge in [-0.05, 0) is 74.2 Å². The number of nitrogens with one attached hydrogen (secondary N) is 1. The maximum atomic E-state index is 9.52. The standard InChI is InChI=1S/C16H22ClNO/c17-14-4-3-12-8-15(9-13(12)7-14)18-10-11-1-5-16(19)6-2-11/h3-4,7,11,15-16,18-19H,1-2,5-6,8-10H2. The molecule has 19 heavy (non-hydrogen) atoms. The predicted molar refractivity (Wildman–Crippen MR) is 78.6 cm³/mol. The molecular weight excluding hydrogens is 258 g/mol. The van der Waals surface area contributed by atoms with Crippen LogP contribution in [0.4, 0.5) is 0 Å². The number of halogens is 1. The summed E-state index contributed by atoms with van der Waals surface area (Å²) in [5, 5.41) is 14.1. The summed E-state index contributed by atoms with van der Waals surface area (Å²) in [7, 11) is 0. The largest absolute Gasteiger partial charge is 0.393 e. The highest BCUT2D eigenvalue weighted by Gasteiger charge is 2.24. The minimum absolute atomic E-state index is 0.0471. The zero-order valence-electron chi connectivity index (χ0n) is 11.2. The molecule has 0 heterocycles. The second-order valence-electron chi connectivity index (χ2n) is 6.10. The molecule has 2 aliphatic rings. The van der Waals surface area contributed by atoms with E-state index < -0.39 is 0 Å². The molecule has 104 valence electrons. The Balaban J connectivity index is 1.48. The Labute approximate surface area is 120 Å². The molecule has 0 aromatic heterocycles. The molecule has 0 spiro atoms. The highest BCUT2D eigenvalue weighted by molar-refractivity contribution is 6.30. The zero-order valence-corrected chi connectivity index (χ0v) is 12.0. The van der Waals surface area contributed by atoms with Crippen molar-refractivity contribution >= 4 is 11.6 Å². The summed E-state index contributed by atoms with van der Waals surface area (Å²) < 4.78 is 0. The van der Waals surface area contributed by atoms with Crippen molar-refractivity contribution < 1.29 is 5.11 Å². The first-order valence-corrected chi connectivity index (χ1v) is 7.77. The summed E-state index contributed by atoms with van der Waals surface area (Å²) in [5.74, 6) is 0.746. The molecule has 2 nitrogen and oxygen atoms in total. The monoisotopic (exact) mass is 279 g/mol. The first kappa shape index (κ1) is 13.4. The summed E-state index contributed by atoms with van der Waals surface area (Å²) in [6.45, 7) is 1.10. The lowest BCUT2D eigenvalue weighted by Gasteiger charge is -2.26.